The van der Waals surface area contributed by atoms with Gasteiger partial charge in [0.1, 0.15) is 0 Å². The van der Waals surface area contributed by atoms with Gasteiger partial charge in [0, 0.05) is 24.7 Å². The van der Waals surface area contributed by atoms with Gasteiger partial charge in [0.2, 0.25) is 5.91 Å². The molecule has 0 saturated carbocycles. The van der Waals surface area contributed by atoms with E-state index in [1.807, 2.05) is 36.2 Å². The molecule has 2 rings (SSSR count). The van der Waals surface area contributed by atoms with Crippen molar-refractivity contribution in [1.82, 2.24) is 9.80 Å². The third-order valence-electron chi connectivity index (χ3n) is 4.16. The number of carbonyl (C=O) groups is 2. The van der Waals surface area contributed by atoms with Crippen molar-refractivity contribution in [3.05, 3.63) is 34.9 Å². The molecule has 132 valence electrons. The first kappa shape index (κ1) is 18.7. The van der Waals surface area contributed by atoms with Crippen molar-refractivity contribution < 1.29 is 14.3 Å². The Morgan fingerprint density at radius 3 is 2.71 bits per heavy atom. The highest BCUT2D eigenvalue weighted by atomic mass is 35.5. The molecule has 0 aliphatic carbocycles. The van der Waals surface area contributed by atoms with Crippen LogP contribution in [0.2, 0.25) is 5.02 Å². The van der Waals surface area contributed by atoms with Crippen LogP contribution in [0.3, 0.4) is 0 Å². The van der Waals surface area contributed by atoms with E-state index < -0.39 is 0 Å². The van der Waals surface area contributed by atoms with E-state index in [0.29, 0.717) is 37.8 Å². The first-order valence-electron chi connectivity index (χ1n) is 8.37. The SMILES string of the molecule is CCOC(=O)C1CCCN(C(=O)CN(C)Cc2ccc(Cl)cc2)C1. The second kappa shape index (κ2) is 9.04. The number of hydrogen-bond donors (Lipinski definition) is 0. The molecule has 1 aromatic rings. The second-order valence-corrected chi connectivity index (χ2v) is 6.67. The molecule has 1 aliphatic rings. The number of nitrogens with zero attached hydrogens (tertiary/aromatic N) is 2. The first-order valence-corrected chi connectivity index (χ1v) is 8.74. The van der Waals surface area contributed by atoms with E-state index >= 15 is 0 Å². The Morgan fingerprint density at radius 2 is 2.04 bits per heavy atom. The van der Waals surface area contributed by atoms with E-state index in [2.05, 4.69) is 0 Å². The number of benzene rings is 1. The molecule has 1 aromatic carbocycles. The van der Waals surface area contributed by atoms with Crippen LogP contribution in [0, 0.1) is 5.92 Å². The Hall–Kier alpha value is -1.59. The number of piperidine rings is 1. The van der Waals surface area contributed by atoms with Gasteiger partial charge >= 0.3 is 5.97 Å². The van der Waals surface area contributed by atoms with Gasteiger partial charge in [0.25, 0.3) is 0 Å². The average Bonchev–Trinajstić information content (AvgIpc) is 2.57. The van der Waals surface area contributed by atoms with E-state index in [9.17, 15) is 9.59 Å². The highest BCUT2D eigenvalue weighted by Crippen LogP contribution is 2.18. The third-order valence-corrected chi connectivity index (χ3v) is 4.42. The van der Waals surface area contributed by atoms with Gasteiger partial charge in [0.15, 0.2) is 0 Å². The Balaban J connectivity index is 1.84. The summed E-state index contributed by atoms with van der Waals surface area (Å²) in [6.45, 7) is 4.37. The summed E-state index contributed by atoms with van der Waals surface area (Å²) < 4.78 is 5.08. The summed E-state index contributed by atoms with van der Waals surface area (Å²) in [5, 5.41) is 0.704. The number of likely N-dealkylation sites (tertiary alicyclic amines) is 1. The predicted octanol–water partition coefficient (Wildman–Crippen LogP) is 2.57. The molecule has 1 heterocycles. The summed E-state index contributed by atoms with van der Waals surface area (Å²) in [7, 11) is 1.92. The maximum absolute atomic E-state index is 12.5. The van der Waals surface area contributed by atoms with Gasteiger partial charge in [-0.25, -0.2) is 0 Å². The maximum Gasteiger partial charge on any atom is 0.310 e. The molecule has 0 spiro atoms. The van der Waals surface area contributed by atoms with Gasteiger partial charge in [0.05, 0.1) is 19.1 Å². The largest absolute Gasteiger partial charge is 0.466 e. The fourth-order valence-corrected chi connectivity index (χ4v) is 3.07. The molecule has 0 N–H and O–H groups in total. The summed E-state index contributed by atoms with van der Waals surface area (Å²) in [6, 6.07) is 7.62. The van der Waals surface area contributed by atoms with Crippen LogP contribution in [-0.4, -0.2) is 55.0 Å². The lowest BCUT2D eigenvalue weighted by molar-refractivity contribution is -0.151. The lowest BCUT2D eigenvalue weighted by Gasteiger charge is -2.32. The number of ether oxygens (including phenoxy) is 1. The fourth-order valence-electron chi connectivity index (χ4n) is 2.94. The number of esters is 1. The molecule has 1 atom stereocenters. The Morgan fingerprint density at radius 1 is 1.33 bits per heavy atom. The quantitative estimate of drug-likeness (QED) is 0.738. The second-order valence-electron chi connectivity index (χ2n) is 6.23. The fraction of sp³-hybridized carbons (Fsp3) is 0.556. The van der Waals surface area contributed by atoms with Gasteiger partial charge in [-0.3, -0.25) is 14.5 Å². The lowest BCUT2D eigenvalue weighted by atomic mass is 9.98. The van der Waals surface area contributed by atoms with Crippen molar-refractivity contribution >= 4 is 23.5 Å². The molecule has 1 fully saturated rings. The molecule has 1 amide bonds. The highest BCUT2D eigenvalue weighted by molar-refractivity contribution is 6.30. The highest BCUT2D eigenvalue weighted by Gasteiger charge is 2.29. The predicted molar refractivity (Wildman–Crippen MR) is 93.7 cm³/mol. The summed E-state index contributed by atoms with van der Waals surface area (Å²) in [5.74, 6) is -0.325. The van der Waals surface area contributed by atoms with Crippen molar-refractivity contribution in [3.63, 3.8) is 0 Å². The van der Waals surface area contributed by atoms with Crippen LogP contribution in [0.15, 0.2) is 24.3 Å². The third kappa shape index (κ3) is 5.49. The van der Waals surface area contributed by atoms with E-state index in [4.69, 9.17) is 16.3 Å². The minimum absolute atomic E-state index is 0.0560. The summed E-state index contributed by atoms with van der Waals surface area (Å²) in [5.41, 5.74) is 1.11. The zero-order valence-corrected chi connectivity index (χ0v) is 15.1. The van der Waals surface area contributed by atoms with Crippen LogP contribution in [0.4, 0.5) is 0 Å². The van der Waals surface area contributed by atoms with Gasteiger partial charge in [-0.15, -0.1) is 0 Å². The number of carbonyl (C=O) groups excluding carboxylic acids is 2. The Labute approximate surface area is 148 Å². The maximum atomic E-state index is 12.5. The summed E-state index contributed by atoms with van der Waals surface area (Å²) >= 11 is 5.88. The van der Waals surface area contributed by atoms with Crippen molar-refractivity contribution in [1.29, 1.82) is 0 Å². The van der Waals surface area contributed by atoms with E-state index in [1.165, 1.54) is 0 Å². The zero-order chi connectivity index (χ0) is 17.5. The summed E-state index contributed by atoms with van der Waals surface area (Å²) in [6.07, 6.45) is 1.64. The smallest absolute Gasteiger partial charge is 0.310 e. The Kier molecular flexibility index (Phi) is 7.06. The lowest BCUT2D eigenvalue weighted by Crippen LogP contribution is -2.46. The number of rotatable bonds is 6. The van der Waals surface area contributed by atoms with Crippen molar-refractivity contribution in [2.24, 2.45) is 5.92 Å². The minimum atomic E-state index is -0.191. The molecule has 1 saturated heterocycles. The molecule has 1 aliphatic heterocycles. The van der Waals surface area contributed by atoms with Crippen LogP contribution in [0.5, 0.6) is 0 Å². The number of hydrogen-bond acceptors (Lipinski definition) is 4. The monoisotopic (exact) mass is 352 g/mol. The molecule has 0 radical (unpaired) electrons. The topological polar surface area (TPSA) is 49.9 Å². The van der Waals surface area contributed by atoms with Crippen molar-refractivity contribution in [2.45, 2.75) is 26.3 Å². The van der Waals surface area contributed by atoms with Gasteiger partial charge in [-0.05, 0) is 44.5 Å². The molecular formula is C18H25ClN2O3. The molecular weight excluding hydrogens is 328 g/mol. The van der Waals surface area contributed by atoms with E-state index in [-0.39, 0.29) is 17.8 Å². The molecule has 24 heavy (non-hydrogen) atoms. The Bertz CT molecular complexity index is 562. The van der Waals surface area contributed by atoms with Crippen molar-refractivity contribution in [3.8, 4) is 0 Å². The number of halogens is 1. The van der Waals surface area contributed by atoms with Crippen LogP contribution < -0.4 is 0 Å². The first-order chi connectivity index (χ1) is 11.5. The normalized spacial score (nSPS) is 17.8. The molecule has 0 bridgehead atoms. The van der Waals surface area contributed by atoms with Crippen molar-refractivity contribution in [2.75, 3.05) is 33.3 Å². The van der Waals surface area contributed by atoms with E-state index in [0.717, 1.165) is 18.4 Å². The van der Waals surface area contributed by atoms with E-state index in [1.54, 1.807) is 11.8 Å². The van der Waals surface area contributed by atoms with Gasteiger partial charge < -0.3 is 9.64 Å². The molecule has 0 aromatic heterocycles. The average molecular weight is 353 g/mol. The van der Waals surface area contributed by atoms with Crippen LogP contribution in [-0.2, 0) is 20.9 Å². The van der Waals surface area contributed by atoms with Crippen LogP contribution >= 0.6 is 11.6 Å². The molecule has 5 nitrogen and oxygen atoms in total. The summed E-state index contributed by atoms with van der Waals surface area (Å²) in [4.78, 5) is 28.1. The number of amides is 1. The van der Waals surface area contributed by atoms with Crippen LogP contribution in [0.1, 0.15) is 25.3 Å². The van der Waals surface area contributed by atoms with Gasteiger partial charge in [-0.1, -0.05) is 23.7 Å². The number of likely N-dealkylation sites (N-methyl/N-ethyl adjacent to an activating group) is 1. The molecule has 1 unspecified atom stereocenters. The van der Waals surface area contributed by atoms with Crippen LogP contribution in [0.25, 0.3) is 0 Å². The molecule has 6 heteroatoms. The minimum Gasteiger partial charge on any atom is -0.466 e. The zero-order valence-electron chi connectivity index (χ0n) is 14.3. The van der Waals surface area contributed by atoms with Gasteiger partial charge in [-0.2, -0.15) is 0 Å². The standard InChI is InChI=1S/C18H25ClN2O3/c1-3-24-18(23)15-5-4-10-21(12-15)17(22)13-20(2)11-14-6-8-16(19)9-7-14/h6-9,15H,3-5,10-13H2,1-2H3.